The number of furan rings is 1. The lowest BCUT2D eigenvalue weighted by molar-refractivity contribution is -0.121. The average molecular weight is 333 g/mol. The summed E-state index contributed by atoms with van der Waals surface area (Å²) in [5, 5.41) is 12.2. The second kappa shape index (κ2) is 8.79. The van der Waals surface area contributed by atoms with Gasteiger partial charge in [-0.1, -0.05) is 30.3 Å². The molecule has 0 fully saturated rings. The highest BCUT2D eigenvalue weighted by Gasteiger charge is 2.17. The molecule has 2 aromatic rings. The number of aliphatic hydroxyl groups is 1. The number of nitrogens with one attached hydrogen (secondary N) is 1. The first-order valence-corrected chi connectivity index (χ1v) is 9.00. The summed E-state index contributed by atoms with van der Waals surface area (Å²) in [6.07, 6.45) is 2.87. The minimum absolute atomic E-state index is 0.0206. The minimum Gasteiger partial charge on any atom is -0.461 e. The van der Waals surface area contributed by atoms with Crippen LogP contribution in [0.4, 0.5) is 0 Å². The van der Waals surface area contributed by atoms with E-state index in [1.54, 1.807) is 11.8 Å². The molecule has 0 saturated heterocycles. The van der Waals surface area contributed by atoms with Gasteiger partial charge in [-0.15, -0.1) is 0 Å². The van der Waals surface area contributed by atoms with Gasteiger partial charge in [0.05, 0.1) is 6.61 Å². The van der Waals surface area contributed by atoms with Crippen LogP contribution in [0.1, 0.15) is 19.1 Å². The van der Waals surface area contributed by atoms with Crippen molar-refractivity contribution in [3.05, 3.63) is 48.2 Å². The van der Waals surface area contributed by atoms with Gasteiger partial charge in [-0.25, -0.2) is 0 Å². The van der Waals surface area contributed by atoms with E-state index in [2.05, 4.69) is 5.32 Å². The Hall–Kier alpha value is -1.72. The molecular formula is C18H23NO3S. The number of aliphatic hydroxyl groups excluding tert-OH is 1. The maximum atomic E-state index is 12.0. The fourth-order valence-electron chi connectivity index (χ4n) is 2.36. The molecule has 1 aromatic carbocycles. The molecule has 2 unspecified atom stereocenters. The van der Waals surface area contributed by atoms with Crippen LogP contribution in [0.15, 0.2) is 46.9 Å². The van der Waals surface area contributed by atoms with Crippen LogP contribution in [-0.4, -0.2) is 35.2 Å². The summed E-state index contributed by atoms with van der Waals surface area (Å²) >= 11 is 1.55. The normalized spacial score (nSPS) is 13.5. The lowest BCUT2D eigenvalue weighted by Gasteiger charge is -2.21. The SMILES string of the molecule is CSC(CO)C(C)NC(=O)CCc1ccc(-c2ccccc2)o1. The van der Waals surface area contributed by atoms with Crippen molar-refractivity contribution in [3.8, 4) is 11.3 Å². The van der Waals surface area contributed by atoms with Gasteiger partial charge in [0.1, 0.15) is 11.5 Å². The Morgan fingerprint density at radius 2 is 2.00 bits per heavy atom. The molecular weight excluding hydrogens is 310 g/mol. The number of thioether (sulfide) groups is 1. The van der Waals surface area contributed by atoms with E-state index in [4.69, 9.17) is 4.42 Å². The molecule has 0 aliphatic rings. The topological polar surface area (TPSA) is 62.5 Å². The highest BCUT2D eigenvalue weighted by molar-refractivity contribution is 7.99. The molecule has 0 bridgehead atoms. The largest absolute Gasteiger partial charge is 0.461 e. The monoisotopic (exact) mass is 333 g/mol. The summed E-state index contributed by atoms with van der Waals surface area (Å²) in [5.41, 5.74) is 1.03. The van der Waals surface area contributed by atoms with E-state index in [-0.39, 0.29) is 23.8 Å². The molecule has 2 atom stereocenters. The molecule has 0 radical (unpaired) electrons. The van der Waals surface area contributed by atoms with Crippen LogP contribution in [0.3, 0.4) is 0 Å². The molecule has 0 aliphatic heterocycles. The summed E-state index contributed by atoms with van der Waals surface area (Å²) in [4.78, 5) is 12.0. The standard InChI is InChI=1S/C18H23NO3S/c1-13(17(12-20)23-2)19-18(21)11-9-15-8-10-16(22-15)14-6-4-3-5-7-14/h3-8,10,13,17,20H,9,11-12H2,1-2H3,(H,19,21). The number of hydrogen-bond donors (Lipinski definition) is 2. The number of aryl methyl sites for hydroxylation is 1. The van der Waals surface area contributed by atoms with Crippen molar-refractivity contribution in [2.75, 3.05) is 12.9 Å². The summed E-state index contributed by atoms with van der Waals surface area (Å²) in [6.45, 7) is 1.97. The van der Waals surface area contributed by atoms with Gasteiger partial charge in [0, 0.05) is 29.7 Å². The Labute approximate surface area is 141 Å². The van der Waals surface area contributed by atoms with Gasteiger partial charge in [0.15, 0.2) is 0 Å². The maximum absolute atomic E-state index is 12.0. The lowest BCUT2D eigenvalue weighted by atomic mass is 10.2. The summed E-state index contributed by atoms with van der Waals surface area (Å²) in [6, 6.07) is 13.7. The Morgan fingerprint density at radius 3 is 2.65 bits per heavy atom. The van der Waals surface area contributed by atoms with Gasteiger partial charge >= 0.3 is 0 Å². The quantitative estimate of drug-likeness (QED) is 0.779. The first-order chi connectivity index (χ1) is 11.1. The van der Waals surface area contributed by atoms with Crippen molar-refractivity contribution in [1.29, 1.82) is 0 Å². The molecule has 5 heteroatoms. The van der Waals surface area contributed by atoms with Crippen molar-refractivity contribution in [3.63, 3.8) is 0 Å². The Balaban J connectivity index is 1.84. The second-order valence-corrected chi connectivity index (χ2v) is 6.52. The number of carbonyl (C=O) groups excluding carboxylic acids is 1. The smallest absolute Gasteiger partial charge is 0.220 e. The molecule has 124 valence electrons. The lowest BCUT2D eigenvalue weighted by Crippen LogP contribution is -2.41. The van der Waals surface area contributed by atoms with Gasteiger partial charge in [-0.2, -0.15) is 11.8 Å². The van der Waals surface area contributed by atoms with Crippen LogP contribution in [0.25, 0.3) is 11.3 Å². The molecule has 2 N–H and O–H groups in total. The fourth-order valence-corrected chi connectivity index (χ4v) is 2.99. The Kier molecular flexibility index (Phi) is 6.74. The van der Waals surface area contributed by atoms with Crippen molar-refractivity contribution < 1.29 is 14.3 Å². The Morgan fingerprint density at radius 1 is 1.26 bits per heavy atom. The molecule has 1 aromatic heterocycles. The highest BCUT2D eigenvalue weighted by atomic mass is 32.2. The van der Waals surface area contributed by atoms with Crippen LogP contribution in [-0.2, 0) is 11.2 Å². The van der Waals surface area contributed by atoms with E-state index in [0.717, 1.165) is 17.1 Å². The zero-order valence-corrected chi connectivity index (χ0v) is 14.3. The van der Waals surface area contributed by atoms with Crippen LogP contribution >= 0.6 is 11.8 Å². The fraction of sp³-hybridized carbons (Fsp3) is 0.389. The number of hydrogen-bond acceptors (Lipinski definition) is 4. The molecule has 2 rings (SSSR count). The van der Waals surface area contributed by atoms with Gasteiger partial charge < -0.3 is 14.8 Å². The van der Waals surface area contributed by atoms with E-state index in [0.29, 0.717) is 12.8 Å². The molecule has 1 amide bonds. The molecule has 0 spiro atoms. The van der Waals surface area contributed by atoms with Gasteiger partial charge in [-0.05, 0) is 25.3 Å². The van der Waals surface area contributed by atoms with Gasteiger partial charge in [-0.3, -0.25) is 4.79 Å². The third-order valence-corrected chi connectivity index (χ3v) is 4.91. The molecule has 4 nitrogen and oxygen atoms in total. The molecule has 0 aliphatic carbocycles. The van der Waals surface area contributed by atoms with Crippen LogP contribution < -0.4 is 5.32 Å². The van der Waals surface area contributed by atoms with Crippen LogP contribution in [0, 0.1) is 0 Å². The van der Waals surface area contributed by atoms with E-state index in [9.17, 15) is 9.90 Å². The number of amides is 1. The van der Waals surface area contributed by atoms with Crippen molar-refractivity contribution >= 4 is 17.7 Å². The van der Waals surface area contributed by atoms with E-state index in [1.807, 2.05) is 55.6 Å². The van der Waals surface area contributed by atoms with Crippen LogP contribution in [0.5, 0.6) is 0 Å². The van der Waals surface area contributed by atoms with Gasteiger partial charge in [0.2, 0.25) is 5.91 Å². The average Bonchev–Trinajstić information content (AvgIpc) is 3.04. The van der Waals surface area contributed by atoms with Gasteiger partial charge in [0.25, 0.3) is 0 Å². The van der Waals surface area contributed by atoms with E-state index < -0.39 is 0 Å². The van der Waals surface area contributed by atoms with Crippen molar-refractivity contribution in [1.82, 2.24) is 5.32 Å². The highest BCUT2D eigenvalue weighted by Crippen LogP contribution is 2.22. The van der Waals surface area contributed by atoms with Crippen molar-refractivity contribution in [2.45, 2.75) is 31.1 Å². The summed E-state index contributed by atoms with van der Waals surface area (Å²) in [5.74, 6) is 1.59. The summed E-state index contributed by atoms with van der Waals surface area (Å²) in [7, 11) is 0. The van der Waals surface area contributed by atoms with E-state index in [1.165, 1.54) is 0 Å². The van der Waals surface area contributed by atoms with E-state index >= 15 is 0 Å². The molecule has 0 saturated carbocycles. The zero-order valence-electron chi connectivity index (χ0n) is 13.5. The van der Waals surface area contributed by atoms with Crippen LogP contribution in [0.2, 0.25) is 0 Å². The third-order valence-electron chi connectivity index (χ3n) is 3.75. The molecule has 23 heavy (non-hydrogen) atoms. The third kappa shape index (κ3) is 5.15. The predicted molar refractivity (Wildman–Crippen MR) is 94.5 cm³/mol. The molecule has 1 heterocycles. The maximum Gasteiger partial charge on any atom is 0.220 e. The number of rotatable bonds is 8. The minimum atomic E-state index is -0.0565. The summed E-state index contributed by atoms with van der Waals surface area (Å²) < 4.78 is 5.79. The number of benzene rings is 1. The first-order valence-electron chi connectivity index (χ1n) is 7.71. The predicted octanol–water partition coefficient (Wildman–Crippen LogP) is 3.11. The first kappa shape index (κ1) is 17.6. The Bertz CT molecular complexity index is 608. The number of carbonyl (C=O) groups is 1. The second-order valence-electron chi connectivity index (χ2n) is 5.44. The van der Waals surface area contributed by atoms with Crippen molar-refractivity contribution in [2.24, 2.45) is 0 Å². The zero-order chi connectivity index (χ0) is 16.7.